The van der Waals surface area contributed by atoms with Crippen molar-refractivity contribution in [3.05, 3.63) is 22.4 Å². The first-order valence-corrected chi connectivity index (χ1v) is 9.91. The third-order valence-electron chi connectivity index (χ3n) is 4.98. The third-order valence-corrected chi connectivity index (χ3v) is 5.83. The van der Waals surface area contributed by atoms with Crippen LogP contribution in [0, 0.1) is 0 Å². The molecular weight excluding hydrogens is 340 g/mol. The van der Waals surface area contributed by atoms with E-state index in [1.54, 1.807) is 11.3 Å². The topological polar surface area (TPSA) is 78.9 Å². The molecule has 2 fully saturated rings. The quantitative estimate of drug-likeness (QED) is 0.759. The Morgan fingerprint density at radius 2 is 1.96 bits per heavy atom. The molecule has 6 nitrogen and oxygen atoms in total. The molecule has 1 unspecified atom stereocenters. The van der Waals surface area contributed by atoms with Gasteiger partial charge in [0.15, 0.2) is 0 Å². The van der Waals surface area contributed by atoms with Crippen LogP contribution in [0.2, 0.25) is 0 Å². The highest BCUT2D eigenvalue weighted by Gasteiger charge is 2.50. The van der Waals surface area contributed by atoms with Gasteiger partial charge in [-0.2, -0.15) is 0 Å². The van der Waals surface area contributed by atoms with Crippen molar-refractivity contribution in [2.75, 3.05) is 13.2 Å². The SMILES string of the molecule is O=C1NC2(CCCCCCC2)C(=O)N1CC(O)COCc1cccs1. The molecule has 2 heterocycles. The lowest BCUT2D eigenvalue weighted by Crippen LogP contribution is -2.48. The maximum absolute atomic E-state index is 12.8. The van der Waals surface area contributed by atoms with Gasteiger partial charge in [-0.05, 0) is 24.3 Å². The normalized spacial score (nSPS) is 21.9. The number of thiophene rings is 1. The van der Waals surface area contributed by atoms with E-state index in [4.69, 9.17) is 4.74 Å². The van der Waals surface area contributed by atoms with Crippen LogP contribution >= 0.6 is 11.3 Å². The summed E-state index contributed by atoms with van der Waals surface area (Å²) in [5.41, 5.74) is -0.755. The molecule has 1 atom stereocenters. The van der Waals surface area contributed by atoms with E-state index in [2.05, 4.69) is 5.32 Å². The first kappa shape index (κ1) is 18.4. The average Bonchev–Trinajstić information content (AvgIpc) is 3.14. The average molecular weight is 366 g/mol. The van der Waals surface area contributed by atoms with Crippen LogP contribution in [0.15, 0.2) is 17.5 Å². The standard InChI is InChI=1S/C18H26N2O4S/c21-14(12-24-13-15-7-6-10-25-15)11-20-16(22)18(19-17(20)23)8-4-2-1-3-5-9-18/h6-7,10,14,21H,1-5,8-9,11-13H2,(H,19,23). The number of carbonyl (C=O) groups excluding carboxylic acids is 2. The molecular formula is C18H26N2O4S. The number of β-amino-alcohol motifs (C(OH)–C–C–N with tert-alkyl or cyclic N) is 1. The summed E-state index contributed by atoms with van der Waals surface area (Å²) in [5.74, 6) is -0.184. The van der Waals surface area contributed by atoms with Crippen molar-refractivity contribution in [2.24, 2.45) is 0 Å². The van der Waals surface area contributed by atoms with Gasteiger partial charge in [0.1, 0.15) is 5.54 Å². The monoisotopic (exact) mass is 366 g/mol. The Morgan fingerprint density at radius 1 is 1.24 bits per heavy atom. The molecule has 2 aliphatic rings. The number of urea groups is 1. The Morgan fingerprint density at radius 3 is 2.64 bits per heavy atom. The van der Waals surface area contributed by atoms with Crippen molar-refractivity contribution in [1.82, 2.24) is 10.2 Å². The van der Waals surface area contributed by atoms with Gasteiger partial charge in [-0.15, -0.1) is 11.3 Å². The highest BCUT2D eigenvalue weighted by molar-refractivity contribution is 7.09. The van der Waals surface area contributed by atoms with E-state index in [0.717, 1.165) is 30.6 Å². The van der Waals surface area contributed by atoms with Gasteiger partial charge in [0.25, 0.3) is 5.91 Å². The molecule has 138 valence electrons. The third kappa shape index (κ3) is 4.40. The Bertz CT molecular complexity index is 582. The number of imide groups is 1. The van der Waals surface area contributed by atoms with Crippen LogP contribution in [-0.2, 0) is 16.1 Å². The number of amides is 3. The number of carbonyl (C=O) groups is 2. The Balaban J connectivity index is 1.52. The van der Waals surface area contributed by atoms with Gasteiger partial charge in [-0.1, -0.05) is 38.2 Å². The van der Waals surface area contributed by atoms with Crippen molar-refractivity contribution in [1.29, 1.82) is 0 Å². The van der Waals surface area contributed by atoms with Gasteiger partial charge in [0.05, 0.1) is 25.9 Å². The smallest absolute Gasteiger partial charge is 0.325 e. The maximum atomic E-state index is 12.8. The van der Waals surface area contributed by atoms with Crippen LogP contribution in [-0.4, -0.2) is 46.7 Å². The minimum absolute atomic E-state index is 0.0170. The summed E-state index contributed by atoms with van der Waals surface area (Å²) in [4.78, 5) is 27.4. The number of nitrogens with zero attached hydrogens (tertiary/aromatic N) is 1. The van der Waals surface area contributed by atoms with Crippen molar-refractivity contribution < 1.29 is 19.4 Å². The molecule has 0 aromatic carbocycles. The molecule has 1 aromatic rings. The number of hydrogen-bond donors (Lipinski definition) is 2. The predicted molar refractivity (Wildman–Crippen MR) is 95.3 cm³/mol. The van der Waals surface area contributed by atoms with Crippen LogP contribution in [0.4, 0.5) is 4.79 Å². The van der Waals surface area contributed by atoms with E-state index < -0.39 is 11.6 Å². The van der Waals surface area contributed by atoms with Crippen LogP contribution < -0.4 is 5.32 Å². The minimum Gasteiger partial charge on any atom is -0.389 e. The Kier molecular flexibility index (Phi) is 6.09. The molecule has 1 saturated carbocycles. The number of aliphatic hydroxyl groups excluding tert-OH is 1. The van der Waals surface area contributed by atoms with E-state index in [-0.39, 0.29) is 25.1 Å². The lowest BCUT2D eigenvalue weighted by Gasteiger charge is -2.28. The van der Waals surface area contributed by atoms with Crippen LogP contribution in [0.3, 0.4) is 0 Å². The van der Waals surface area contributed by atoms with Gasteiger partial charge in [-0.3, -0.25) is 9.69 Å². The lowest BCUT2D eigenvalue weighted by molar-refractivity contribution is -0.133. The molecule has 1 aromatic heterocycles. The number of nitrogens with one attached hydrogen (secondary N) is 1. The molecule has 1 saturated heterocycles. The van der Waals surface area contributed by atoms with Crippen LogP contribution in [0.1, 0.15) is 49.8 Å². The highest BCUT2D eigenvalue weighted by atomic mass is 32.1. The molecule has 3 rings (SSSR count). The predicted octanol–water partition coefficient (Wildman–Crippen LogP) is 2.66. The number of rotatable bonds is 6. The van der Waals surface area contributed by atoms with Gasteiger partial charge < -0.3 is 15.2 Å². The fourth-order valence-electron chi connectivity index (χ4n) is 3.64. The summed E-state index contributed by atoms with van der Waals surface area (Å²) in [6.45, 7) is 0.512. The Labute approximate surface area is 152 Å². The summed E-state index contributed by atoms with van der Waals surface area (Å²) in [5, 5.41) is 15.0. The number of aliphatic hydroxyl groups is 1. The second-order valence-electron chi connectivity index (χ2n) is 6.94. The fraction of sp³-hybridized carbons (Fsp3) is 0.667. The Hall–Kier alpha value is -1.44. The highest BCUT2D eigenvalue weighted by Crippen LogP contribution is 2.32. The lowest BCUT2D eigenvalue weighted by atomic mass is 9.84. The zero-order chi connectivity index (χ0) is 17.7. The summed E-state index contributed by atoms with van der Waals surface area (Å²) >= 11 is 1.59. The second-order valence-corrected chi connectivity index (χ2v) is 7.98. The van der Waals surface area contributed by atoms with Gasteiger partial charge in [0.2, 0.25) is 0 Å². The van der Waals surface area contributed by atoms with Crippen molar-refractivity contribution >= 4 is 23.3 Å². The first-order chi connectivity index (χ1) is 12.1. The van der Waals surface area contributed by atoms with Crippen LogP contribution in [0.5, 0.6) is 0 Å². The van der Waals surface area contributed by atoms with E-state index >= 15 is 0 Å². The molecule has 0 bridgehead atoms. The molecule has 3 amide bonds. The van der Waals surface area contributed by atoms with Crippen molar-refractivity contribution in [2.45, 2.75) is 63.2 Å². The summed E-state index contributed by atoms with van der Waals surface area (Å²) in [6, 6.07) is 3.52. The summed E-state index contributed by atoms with van der Waals surface area (Å²) in [7, 11) is 0. The van der Waals surface area contributed by atoms with Crippen molar-refractivity contribution in [3.8, 4) is 0 Å². The minimum atomic E-state index is -0.877. The molecule has 7 heteroatoms. The summed E-state index contributed by atoms with van der Waals surface area (Å²) in [6.07, 6.45) is 5.81. The largest absolute Gasteiger partial charge is 0.389 e. The molecule has 0 radical (unpaired) electrons. The fourth-order valence-corrected chi connectivity index (χ4v) is 4.28. The molecule has 1 aliphatic heterocycles. The second kappa shape index (κ2) is 8.29. The van der Waals surface area contributed by atoms with E-state index in [0.29, 0.717) is 19.4 Å². The number of ether oxygens (including phenoxy) is 1. The maximum Gasteiger partial charge on any atom is 0.325 e. The van der Waals surface area contributed by atoms with Gasteiger partial charge >= 0.3 is 6.03 Å². The zero-order valence-corrected chi connectivity index (χ0v) is 15.2. The van der Waals surface area contributed by atoms with Crippen LogP contribution in [0.25, 0.3) is 0 Å². The molecule has 1 spiro atoms. The zero-order valence-electron chi connectivity index (χ0n) is 14.4. The molecule has 1 aliphatic carbocycles. The van der Waals surface area contributed by atoms with E-state index in [9.17, 15) is 14.7 Å². The molecule has 2 N–H and O–H groups in total. The summed E-state index contributed by atoms with van der Waals surface area (Å²) < 4.78 is 5.48. The molecule has 25 heavy (non-hydrogen) atoms. The first-order valence-electron chi connectivity index (χ1n) is 9.03. The van der Waals surface area contributed by atoms with Gasteiger partial charge in [-0.25, -0.2) is 4.79 Å². The van der Waals surface area contributed by atoms with E-state index in [1.165, 1.54) is 11.3 Å². The van der Waals surface area contributed by atoms with E-state index in [1.807, 2.05) is 17.5 Å². The van der Waals surface area contributed by atoms with Crippen molar-refractivity contribution in [3.63, 3.8) is 0 Å². The van der Waals surface area contributed by atoms with Gasteiger partial charge in [0, 0.05) is 4.88 Å². The number of hydrogen-bond acceptors (Lipinski definition) is 5.